The van der Waals surface area contributed by atoms with Gasteiger partial charge in [-0.1, -0.05) is 6.07 Å². The highest BCUT2D eigenvalue weighted by Gasteiger charge is 2.07. The summed E-state index contributed by atoms with van der Waals surface area (Å²) < 4.78 is 7.07. The molecule has 27 heavy (non-hydrogen) atoms. The molecule has 0 atom stereocenters. The van der Waals surface area contributed by atoms with Gasteiger partial charge >= 0.3 is 0 Å². The van der Waals surface area contributed by atoms with Gasteiger partial charge in [-0.15, -0.1) is 0 Å². The molecule has 0 aliphatic carbocycles. The van der Waals surface area contributed by atoms with Crippen LogP contribution in [0.25, 0.3) is 16.9 Å². The second-order valence-corrected chi connectivity index (χ2v) is 5.85. The number of benzene rings is 1. The summed E-state index contributed by atoms with van der Waals surface area (Å²) in [6.45, 7) is 0.634. The van der Waals surface area contributed by atoms with Crippen molar-refractivity contribution >= 4 is 5.95 Å². The topological polar surface area (TPSA) is 77.8 Å². The highest BCUT2D eigenvalue weighted by molar-refractivity contribution is 5.59. The van der Waals surface area contributed by atoms with E-state index in [1.807, 2.05) is 48.7 Å². The zero-order valence-electron chi connectivity index (χ0n) is 14.8. The predicted molar refractivity (Wildman–Crippen MR) is 103 cm³/mol. The maximum Gasteiger partial charge on any atom is 0.223 e. The van der Waals surface area contributed by atoms with Crippen molar-refractivity contribution in [2.45, 2.75) is 6.54 Å². The van der Waals surface area contributed by atoms with Crippen molar-refractivity contribution < 1.29 is 4.74 Å². The van der Waals surface area contributed by atoms with E-state index < -0.39 is 0 Å². The summed E-state index contributed by atoms with van der Waals surface area (Å²) in [6, 6.07) is 13.5. The van der Waals surface area contributed by atoms with Gasteiger partial charge in [-0.05, 0) is 35.9 Å². The monoisotopic (exact) mass is 358 g/mol. The zero-order chi connectivity index (χ0) is 18.5. The maximum absolute atomic E-state index is 5.27. The van der Waals surface area contributed by atoms with Gasteiger partial charge in [0.25, 0.3) is 0 Å². The van der Waals surface area contributed by atoms with Crippen LogP contribution in [0.3, 0.4) is 0 Å². The number of nitrogens with zero attached hydrogens (tertiary/aromatic N) is 5. The van der Waals surface area contributed by atoms with Crippen LogP contribution >= 0.6 is 0 Å². The van der Waals surface area contributed by atoms with E-state index in [2.05, 4.69) is 25.4 Å². The highest BCUT2D eigenvalue weighted by atomic mass is 16.5. The van der Waals surface area contributed by atoms with Crippen LogP contribution in [0.5, 0.6) is 5.75 Å². The van der Waals surface area contributed by atoms with Crippen LogP contribution in [0.15, 0.2) is 73.4 Å². The number of hydrogen-bond acceptors (Lipinski definition) is 6. The number of pyridine rings is 1. The molecule has 0 fully saturated rings. The molecule has 0 aliphatic heterocycles. The Labute approximate surface area is 156 Å². The summed E-state index contributed by atoms with van der Waals surface area (Å²) in [5.74, 6) is 1.35. The van der Waals surface area contributed by atoms with Crippen molar-refractivity contribution in [2.75, 3.05) is 12.4 Å². The molecule has 0 saturated heterocycles. The second-order valence-electron chi connectivity index (χ2n) is 5.85. The molecule has 0 amide bonds. The molecular formula is C20H18N6O. The number of ether oxygens (including phenoxy) is 1. The van der Waals surface area contributed by atoms with Crippen LogP contribution in [0.4, 0.5) is 5.95 Å². The number of rotatable bonds is 6. The number of anilines is 1. The summed E-state index contributed by atoms with van der Waals surface area (Å²) in [6.07, 6.45) is 8.99. The average molecular weight is 358 g/mol. The van der Waals surface area contributed by atoms with E-state index in [1.165, 1.54) is 0 Å². The van der Waals surface area contributed by atoms with Crippen molar-refractivity contribution in [1.29, 1.82) is 0 Å². The van der Waals surface area contributed by atoms with E-state index >= 15 is 0 Å². The average Bonchev–Trinajstić information content (AvgIpc) is 3.24. The Morgan fingerprint density at radius 1 is 1.07 bits per heavy atom. The van der Waals surface area contributed by atoms with E-state index in [0.717, 1.165) is 28.3 Å². The molecule has 7 nitrogen and oxygen atoms in total. The van der Waals surface area contributed by atoms with E-state index in [0.29, 0.717) is 12.5 Å². The van der Waals surface area contributed by atoms with Gasteiger partial charge in [-0.2, -0.15) is 5.10 Å². The Morgan fingerprint density at radius 2 is 1.96 bits per heavy atom. The lowest BCUT2D eigenvalue weighted by Gasteiger charge is -2.06. The lowest BCUT2D eigenvalue weighted by Crippen LogP contribution is -2.03. The van der Waals surface area contributed by atoms with E-state index in [-0.39, 0.29) is 0 Å². The Bertz CT molecular complexity index is 1030. The minimum absolute atomic E-state index is 0.568. The molecule has 7 heteroatoms. The maximum atomic E-state index is 5.27. The first-order chi connectivity index (χ1) is 13.3. The molecule has 134 valence electrons. The van der Waals surface area contributed by atoms with Crippen LogP contribution in [0.2, 0.25) is 0 Å². The SMILES string of the molecule is COc1cccc(-n2cc(-c3ccnc(NCc4ccncc4)n3)cn2)c1. The fourth-order valence-electron chi connectivity index (χ4n) is 2.64. The summed E-state index contributed by atoms with van der Waals surface area (Å²) in [5.41, 5.74) is 3.75. The van der Waals surface area contributed by atoms with Crippen molar-refractivity contribution in [1.82, 2.24) is 24.7 Å². The molecule has 0 spiro atoms. The van der Waals surface area contributed by atoms with Crippen LogP contribution in [-0.4, -0.2) is 31.8 Å². The summed E-state index contributed by atoms with van der Waals surface area (Å²) in [5, 5.41) is 7.67. The summed E-state index contributed by atoms with van der Waals surface area (Å²) in [7, 11) is 1.65. The Hall–Kier alpha value is -3.74. The van der Waals surface area contributed by atoms with Gasteiger partial charge in [0.05, 0.1) is 24.7 Å². The summed E-state index contributed by atoms with van der Waals surface area (Å²) in [4.78, 5) is 12.9. The van der Waals surface area contributed by atoms with Crippen molar-refractivity contribution in [3.63, 3.8) is 0 Å². The molecule has 1 aromatic carbocycles. The normalized spacial score (nSPS) is 10.6. The minimum Gasteiger partial charge on any atom is -0.497 e. The van der Waals surface area contributed by atoms with Crippen molar-refractivity contribution in [2.24, 2.45) is 0 Å². The van der Waals surface area contributed by atoms with E-state index in [4.69, 9.17) is 4.74 Å². The molecular weight excluding hydrogens is 340 g/mol. The number of aromatic nitrogens is 5. The smallest absolute Gasteiger partial charge is 0.223 e. The molecule has 0 aliphatic rings. The Morgan fingerprint density at radius 3 is 2.81 bits per heavy atom. The van der Waals surface area contributed by atoms with E-state index in [1.54, 1.807) is 36.6 Å². The first-order valence-electron chi connectivity index (χ1n) is 8.47. The van der Waals surface area contributed by atoms with Crippen LogP contribution in [0, 0.1) is 0 Å². The van der Waals surface area contributed by atoms with Gasteiger partial charge in [0, 0.05) is 43.0 Å². The molecule has 0 radical (unpaired) electrons. The van der Waals surface area contributed by atoms with Gasteiger partial charge in [-0.3, -0.25) is 4.98 Å². The van der Waals surface area contributed by atoms with Crippen molar-refractivity contribution in [3.8, 4) is 22.7 Å². The van der Waals surface area contributed by atoms with Gasteiger partial charge in [-0.25, -0.2) is 14.6 Å². The molecule has 0 saturated carbocycles. The number of methoxy groups -OCH3 is 1. The lowest BCUT2D eigenvalue weighted by atomic mass is 10.2. The van der Waals surface area contributed by atoms with Gasteiger partial charge in [0.2, 0.25) is 5.95 Å². The zero-order valence-corrected chi connectivity index (χ0v) is 14.8. The minimum atomic E-state index is 0.568. The fraction of sp³-hybridized carbons (Fsp3) is 0.100. The summed E-state index contributed by atoms with van der Waals surface area (Å²) >= 11 is 0. The molecule has 4 rings (SSSR count). The first-order valence-corrected chi connectivity index (χ1v) is 8.47. The molecule has 4 aromatic rings. The van der Waals surface area contributed by atoms with Gasteiger partial charge in [0.1, 0.15) is 5.75 Å². The van der Waals surface area contributed by atoms with Crippen LogP contribution in [0.1, 0.15) is 5.56 Å². The Kier molecular flexibility index (Phi) is 4.74. The lowest BCUT2D eigenvalue weighted by molar-refractivity contribution is 0.414. The van der Waals surface area contributed by atoms with E-state index in [9.17, 15) is 0 Å². The quantitative estimate of drug-likeness (QED) is 0.569. The third-order valence-corrected chi connectivity index (χ3v) is 4.05. The first kappa shape index (κ1) is 16.7. The molecule has 0 unspecified atom stereocenters. The molecule has 1 N–H and O–H groups in total. The third-order valence-electron chi connectivity index (χ3n) is 4.05. The molecule has 3 aromatic heterocycles. The van der Waals surface area contributed by atoms with Crippen LogP contribution in [-0.2, 0) is 6.54 Å². The van der Waals surface area contributed by atoms with Gasteiger partial charge in [0.15, 0.2) is 0 Å². The molecule has 0 bridgehead atoms. The third kappa shape index (κ3) is 3.92. The fourth-order valence-corrected chi connectivity index (χ4v) is 2.64. The highest BCUT2D eigenvalue weighted by Crippen LogP contribution is 2.21. The number of nitrogens with one attached hydrogen (secondary N) is 1. The Balaban J connectivity index is 1.53. The molecule has 3 heterocycles. The van der Waals surface area contributed by atoms with Crippen LogP contribution < -0.4 is 10.1 Å². The standard InChI is InChI=1S/C20H18N6O/c1-27-18-4-2-3-17(11-18)26-14-16(13-24-26)19-7-10-22-20(25-19)23-12-15-5-8-21-9-6-15/h2-11,13-14H,12H2,1H3,(H,22,23,25). The largest absolute Gasteiger partial charge is 0.497 e. The number of hydrogen-bond donors (Lipinski definition) is 1. The predicted octanol–water partition coefficient (Wildman–Crippen LogP) is 3.35. The van der Waals surface area contributed by atoms with Crippen molar-refractivity contribution in [3.05, 3.63) is 79.0 Å². The van der Waals surface area contributed by atoms with Gasteiger partial charge < -0.3 is 10.1 Å². The second kappa shape index (κ2) is 7.65.